The molecular weight excluding hydrogens is 314 g/mol. The van der Waals surface area contributed by atoms with E-state index in [0.717, 1.165) is 51.0 Å². The molecule has 3 heterocycles. The summed E-state index contributed by atoms with van der Waals surface area (Å²) in [5.41, 5.74) is 3.56. The number of benzene rings is 1. The fraction of sp³-hybridized carbons (Fsp3) is 0.600. The van der Waals surface area contributed by atoms with Gasteiger partial charge in [-0.25, -0.2) is 0 Å². The van der Waals surface area contributed by atoms with Gasteiger partial charge < -0.3 is 9.80 Å². The third-order valence-electron chi connectivity index (χ3n) is 6.00. The zero-order valence-electron chi connectivity index (χ0n) is 15.2. The summed E-state index contributed by atoms with van der Waals surface area (Å²) in [5.74, 6) is 0.312. The smallest absolute Gasteiger partial charge is 0.241 e. The number of nitrogens with zero attached hydrogens (tertiary/aromatic N) is 3. The number of hydrogen-bond acceptors (Lipinski definition) is 3. The summed E-state index contributed by atoms with van der Waals surface area (Å²) in [7, 11) is 0. The highest BCUT2D eigenvalue weighted by Crippen LogP contribution is 2.29. The molecule has 2 amide bonds. The van der Waals surface area contributed by atoms with Crippen LogP contribution in [0.25, 0.3) is 0 Å². The first-order valence-corrected chi connectivity index (χ1v) is 9.49. The van der Waals surface area contributed by atoms with E-state index < -0.39 is 0 Å². The van der Waals surface area contributed by atoms with Crippen LogP contribution in [0.15, 0.2) is 18.2 Å². The van der Waals surface area contributed by atoms with Crippen LogP contribution in [0.2, 0.25) is 0 Å². The Kier molecular flexibility index (Phi) is 4.28. The normalized spacial score (nSPS) is 26.6. The lowest BCUT2D eigenvalue weighted by molar-refractivity contribution is -0.143. The Balaban J connectivity index is 1.50. The summed E-state index contributed by atoms with van der Waals surface area (Å²) < 4.78 is 0. The molecule has 5 nitrogen and oxygen atoms in total. The molecule has 3 aliphatic rings. The van der Waals surface area contributed by atoms with Crippen molar-refractivity contribution in [2.75, 3.05) is 31.1 Å². The van der Waals surface area contributed by atoms with Crippen molar-refractivity contribution in [3.05, 3.63) is 29.3 Å². The molecule has 0 unspecified atom stereocenters. The minimum Gasteiger partial charge on any atom is -0.337 e. The Bertz CT molecular complexity index is 702. The van der Waals surface area contributed by atoms with Crippen LogP contribution in [0, 0.1) is 6.92 Å². The van der Waals surface area contributed by atoms with Crippen LogP contribution in [0.3, 0.4) is 0 Å². The zero-order valence-corrected chi connectivity index (χ0v) is 15.2. The number of amides is 2. The lowest BCUT2D eigenvalue weighted by atomic mass is 9.99. The fourth-order valence-corrected chi connectivity index (χ4v) is 4.59. The average Bonchev–Trinajstić information content (AvgIpc) is 3.07. The van der Waals surface area contributed by atoms with Crippen molar-refractivity contribution < 1.29 is 9.59 Å². The maximum atomic E-state index is 13.0. The molecule has 2 saturated heterocycles. The standard InChI is InChI=1S/C20H27N3O2/c1-14-7-8-18-16(11-14)5-3-10-23(18)19(24)13-21-12-17-6-4-9-22(17)20(25)15(21)2/h7-8,11,15,17H,3-6,9-10,12-13H2,1-2H3/t15-,17+/m1/s1. The van der Waals surface area contributed by atoms with Gasteiger partial charge in [-0.2, -0.15) is 0 Å². The highest BCUT2D eigenvalue weighted by molar-refractivity contribution is 5.96. The largest absolute Gasteiger partial charge is 0.337 e. The lowest BCUT2D eigenvalue weighted by Crippen LogP contribution is -2.60. The molecule has 0 aromatic heterocycles. The molecule has 0 spiro atoms. The number of piperazine rings is 1. The molecule has 1 aromatic rings. The van der Waals surface area contributed by atoms with Crippen molar-refractivity contribution in [3.63, 3.8) is 0 Å². The molecular formula is C20H27N3O2. The van der Waals surface area contributed by atoms with Crippen molar-refractivity contribution in [1.29, 1.82) is 0 Å². The van der Waals surface area contributed by atoms with Crippen molar-refractivity contribution >= 4 is 17.5 Å². The van der Waals surface area contributed by atoms with E-state index in [4.69, 9.17) is 0 Å². The first-order chi connectivity index (χ1) is 12.0. The molecule has 2 atom stereocenters. The predicted molar refractivity (Wildman–Crippen MR) is 97.6 cm³/mol. The van der Waals surface area contributed by atoms with E-state index in [2.05, 4.69) is 30.0 Å². The van der Waals surface area contributed by atoms with Crippen LogP contribution in [-0.2, 0) is 16.0 Å². The van der Waals surface area contributed by atoms with E-state index in [-0.39, 0.29) is 17.9 Å². The first-order valence-electron chi connectivity index (χ1n) is 9.49. The Morgan fingerprint density at radius 2 is 2.08 bits per heavy atom. The third-order valence-corrected chi connectivity index (χ3v) is 6.00. The Hall–Kier alpha value is -1.88. The minimum absolute atomic E-state index is 0.121. The maximum absolute atomic E-state index is 13.0. The van der Waals surface area contributed by atoms with Gasteiger partial charge in [0.05, 0.1) is 12.6 Å². The summed E-state index contributed by atoms with van der Waals surface area (Å²) >= 11 is 0. The predicted octanol–water partition coefficient (Wildman–Crippen LogP) is 1.97. The molecule has 0 N–H and O–H groups in total. The Morgan fingerprint density at radius 1 is 1.24 bits per heavy atom. The topological polar surface area (TPSA) is 43.9 Å². The van der Waals surface area contributed by atoms with Crippen LogP contribution in [0.4, 0.5) is 5.69 Å². The first kappa shape index (κ1) is 16.6. The van der Waals surface area contributed by atoms with E-state index >= 15 is 0 Å². The Labute approximate surface area is 149 Å². The van der Waals surface area contributed by atoms with Gasteiger partial charge in [-0.3, -0.25) is 14.5 Å². The van der Waals surface area contributed by atoms with Crippen LogP contribution in [0.5, 0.6) is 0 Å². The number of aryl methyl sites for hydroxylation is 2. The molecule has 0 saturated carbocycles. The molecule has 4 rings (SSSR count). The number of rotatable bonds is 2. The fourth-order valence-electron chi connectivity index (χ4n) is 4.59. The molecule has 1 aromatic carbocycles. The molecule has 25 heavy (non-hydrogen) atoms. The molecule has 2 fully saturated rings. The van der Waals surface area contributed by atoms with Gasteiger partial charge in [-0.15, -0.1) is 0 Å². The number of carbonyl (C=O) groups excluding carboxylic acids is 2. The van der Waals surface area contributed by atoms with Gasteiger partial charge in [-0.05, 0) is 51.2 Å². The number of fused-ring (bicyclic) bond motifs is 2. The van der Waals surface area contributed by atoms with Crippen molar-refractivity contribution in [1.82, 2.24) is 9.80 Å². The number of anilines is 1. The van der Waals surface area contributed by atoms with Gasteiger partial charge in [-0.1, -0.05) is 17.7 Å². The van der Waals surface area contributed by atoms with Crippen molar-refractivity contribution in [3.8, 4) is 0 Å². The monoisotopic (exact) mass is 341 g/mol. The molecule has 5 heteroatoms. The second-order valence-corrected chi connectivity index (χ2v) is 7.71. The Morgan fingerprint density at radius 3 is 2.92 bits per heavy atom. The molecule has 3 aliphatic heterocycles. The lowest BCUT2D eigenvalue weighted by Gasteiger charge is -2.42. The SMILES string of the molecule is Cc1ccc2c(c1)CCCN2C(=O)CN1C[C@@H]2CCCN2C(=O)[C@H]1C. The second kappa shape index (κ2) is 6.45. The second-order valence-electron chi connectivity index (χ2n) is 7.71. The van der Waals surface area contributed by atoms with Crippen LogP contribution in [-0.4, -0.2) is 59.9 Å². The summed E-state index contributed by atoms with van der Waals surface area (Å²) in [5, 5.41) is 0. The van der Waals surface area contributed by atoms with Gasteiger partial charge in [0.25, 0.3) is 0 Å². The highest BCUT2D eigenvalue weighted by Gasteiger charge is 2.41. The van der Waals surface area contributed by atoms with E-state index in [0.29, 0.717) is 12.6 Å². The van der Waals surface area contributed by atoms with Gasteiger partial charge in [0.15, 0.2) is 0 Å². The van der Waals surface area contributed by atoms with Gasteiger partial charge in [0.2, 0.25) is 11.8 Å². The van der Waals surface area contributed by atoms with Crippen LogP contribution in [0.1, 0.15) is 37.3 Å². The summed E-state index contributed by atoms with van der Waals surface area (Å²) in [6, 6.07) is 6.45. The number of carbonyl (C=O) groups is 2. The quantitative estimate of drug-likeness (QED) is 0.826. The van der Waals surface area contributed by atoms with Crippen molar-refractivity contribution in [2.45, 2.75) is 51.6 Å². The van der Waals surface area contributed by atoms with Crippen LogP contribution < -0.4 is 4.90 Å². The summed E-state index contributed by atoms with van der Waals surface area (Å²) in [6.07, 6.45) is 4.20. The summed E-state index contributed by atoms with van der Waals surface area (Å²) in [6.45, 7) is 6.86. The average molecular weight is 341 g/mol. The van der Waals surface area contributed by atoms with Gasteiger partial charge in [0, 0.05) is 31.4 Å². The molecule has 134 valence electrons. The zero-order chi connectivity index (χ0) is 17.6. The molecule has 0 radical (unpaired) electrons. The van der Waals surface area contributed by atoms with E-state index in [1.807, 2.05) is 16.7 Å². The van der Waals surface area contributed by atoms with E-state index in [9.17, 15) is 9.59 Å². The summed E-state index contributed by atoms with van der Waals surface area (Å²) in [4.78, 5) is 31.6. The molecule has 0 aliphatic carbocycles. The van der Waals surface area contributed by atoms with Gasteiger partial charge >= 0.3 is 0 Å². The third kappa shape index (κ3) is 2.95. The highest BCUT2D eigenvalue weighted by atomic mass is 16.2. The van der Waals surface area contributed by atoms with Crippen LogP contribution >= 0.6 is 0 Å². The van der Waals surface area contributed by atoms with Crippen molar-refractivity contribution in [2.24, 2.45) is 0 Å². The van der Waals surface area contributed by atoms with E-state index in [1.165, 1.54) is 11.1 Å². The van der Waals surface area contributed by atoms with E-state index in [1.54, 1.807) is 0 Å². The van der Waals surface area contributed by atoms with Gasteiger partial charge in [0.1, 0.15) is 0 Å². The number of hydrogen-bond donors (Lipinski definition) is 0. The maximum Gasteiger partial charge on any atom is 0.241 e. The minimum atomic E-state index is -0.194. The molecule has 0 bridgehead atoms.